The third-order valence-corrected chi connectivity index (χ3v) is 3.22. The van der Waals surface area contributed by atoms with Gasteiger partial charge in [-0.05, 0) is 41.9 Å². The normalized spacial score (nSPS) is 10.3. The molecule has 0 unspecified atom stereocenters. The van der Waals surface area contributed by atoms with Gasteiger partial charge >= 0.3 is 7.12 Å². The molecule has 0 bridgehead atoms. The second-order valence-corrected chi connectivity index (χ2v) is 5.37. The van der Waals surface area contributed by atoms with Gasteiger partial charge in [0.2, 0.25) is 0 Å². The van der Waals surface area contributed by atoms with Crippen LogP contribution in [0.1, 0.15) is 20.3 Å². The molecule has 0 spiro atoms. The van der Waals surface area contributed by atoms with Crippen molar-refractivity contribution in [1.29, 1.82) is 0 Å². The van der Waals surface area contributed by atoms with Crippen LogP contribution in [0.3, 0.4) is 0 Å². The van der Waals surface area contributed by atoms with Crippen LogP contribution < -0.4 is 10.4 Å². The third-order valence-electron chi connectivity index (χ3n) is 3.22. The van der Waals surface area contributed by atoms with E-state index >= 15 is 0 Å². The fourth-order valence-corrected chi connectivity index (χ4v) is 2.17. The summed E-state index contributed by atoms with van der Waals surface area (Å²) in [5.74, 6) is 0. The van der Waals surface area contributed by atoms with Gasteiger partial charge in [-0.3, -0.25) is 0 Å². The second-order valence-electron chi connectivity index (χ2n) is 5.37. The molecule has 4 heteroatoms. The SMILES string of the molecule is C=C/C=C(\C=C)N(c1ccccc1)c1ccc(B(O)O)cc1.CCC. The third kappa shape index (κ3) is 6.10. The maximum atomic E-state index is 9.21. The van der Waals surface area contributed by atoms with Gasteiger partial charge in [-0.1, -0.05) is 69.8 Å². The highest BCUT2D eigenvalue weighted by atomic mass is 16.4. The molecule has 0 radical (unpaired) electrons. The van der Waals surface area contributed by atoms with Gasteiger partial charge in [-0.15, -0.1) is 0 Å². The number of benzene rings is 2. The van der Waals surface area contributed by atoms with E-state index in [1.54, 1.807) is 24.3 Å². The standard InChI is InChI=1S/C18H18BNO2.C3H8/c1-3-8-16(4-2)20(17-9-6-5-7-10-17)18-13-11-15(12-14-18)19(21)22;1-3-2/h3-14,21-22H,1-2H2;3H2,1-2H3/b16-8+;. The molecule has 2 rings (SSSR count). The summed E-state index contributed by atoms with van der Waals surface area (Å²) < 4.78 is 0. The first-order valence-corrected chi connectivity index (χ1v) is 8.35. The van der Waals surface area contributed by atoms with Gasteiger partial charge in [0.15, 0.2) is 0 Å². The number of hydrogen-bond acceptors (Lipinski definition) is 3. The van der Waals surface area contributed by atoms with E-state index in [1.807, 2.05) is 53.4 Å². The Bertz CT molecular complexity index is 679. The lowest BCUT2D eigenvalue weighted by atomic mass is 9.80. The molecule has 0 aliphatic heterocycles. The Morgan fingerprint density at radius 2 is 1.48 bits per heavy atom. The molecule has 0 heterocycles. The van der Waals surface area contributed by atoms with Crippen LogP contribution in [0, 0.1) is 0 Å². The Kier molecular flexibility index (Phi) is 9.08. The fourth-order valence-electron chi connectivity index (χ4n) is 2.17. The molecule has 0 aliphatic rings. The zero-order chi connectivity index (χ0) is 18.7. The van der Waals surface area contributed by atoms with Crippen LogP contribution in [0.25, 0.3) is 0 Å². The average molecular weight is 335 g/mol. The van der Waals surface area contributed by atoms with Gasteiger partial charge in [0.05, 0.1) is 0 Å². The number of para-hydroxylation sites is 1. The van der Waals surface area contributed by atoms with Crippen LogP contribution in [-0.4, -0.2) is 17.2 Å². The van der Waals surface area contributed by atoms with E-state index in [4.69, 9.17) is 0 Å². The summed E-state index contributed by atoms with van der Waals surface area (Å²) in [5.41, 5.74) is 3.19. The summed E-state index contributed by atoms with van der Waals surface area (Å²) in [5, 5.41) is 18.4. The van der Waals surface area contributed by atoms with E-state index < -0.39 is 7.12 Å². The van der Waals surface area contributed by atoms with Crippen LogP contribution in [0.2, 0.25) is 0 Å². The monoisotopic (exact) mass is 335 g/mol. The lowest BCUT2D eigenvalue weighted by Gasteiger charge is -2.26. The molecule has 3 nitrogen and oxygen atoms in total. The number of hydrogen-bond donors (Lipinski definition) is 2. The number of allylic oxidation sites excluding steroid dienone is 3. The van der Waals surface area contributed by atoms with E-state index in [1.165, 1.54) is 6.42 Å². The largest absolute Gasteiger partial charge is 0.488 e. The topological polar surface area (TPSA) is 43.7 Å². The Hall–Kier alpha value is -2.56. The Morgan fingerprint density at radius 1 is 0.960 bits per heavy atom. The lowest BCUT2D eigenvalue weighted by molar-refractivity contribution is 0.426. The zero-order valence-corrected chi connectivity index (χ0v) is 15.0. The van der Waals surface area contributed by atoms with Crippen LogP contribution in [0.4, 0.5) is 11.4 Å². The van der Waals surface area contributed by atoms with Crippen molar-refractivity contribution in [2.75, 3.05) is 4.90 Å². The van der Waals surface area contributed by atoms with Gasteiger partial charge in [-0.2, -0.15) is 0 Å². The molecule has 0 saturated heterocycles. The maximum absolute atomic E-state index is 9.21. The molecular weight excluding hydrogens is 309 g/mol. The van der Waals surface area contributed by atoms with Crippen molar-refractivity contribution in [3.05, 3.63) is 91.7 Å². The van der Waals surface area contributed by atoms with Gasteiger partial charge < -0.3 is 14.9 Å². The molecule has 2 aromatic rings. The quantitative estimate of drug-likeness (QED) is 0.615. The van der Waals surface area contributed by atoms with Crippen molar-refractivity contribution in [1.82, 2.24) is 0 Å². The summed E-state index contributed by atoms with van der Waals surface area (Å²) in [6, 6.07) is 16.9. The van der Waals surface area contributed by atoms with Crippen molar-refractivity contribution in [2.45, 2.75) is 20.3 Å². The molecule has 2 N–H and O–H groups in total. The molecule has 130 valence electrons. The minimum absolute atomic E-state index is 0.449. The molecule has 0 fully saturated rings. The van der Waals surface area contributed by atoms with Crippen LogP contribution in [0.15, 0.2) is 91.7 Å². The number of rotatable bonds is 6. The van der Waals surface area contributed by atoms with E-state index in [-0.39, 0.29) is 0 Å². The van der Waals surface area contributed by atoms with E-state index in [0.717, 1.165) is 17.1 Å². The Balaban J connectivity index is 0.000000970. The summed E-state index contributed by atoms with van der Waals surface area (Å²) in [6.07, 6.45) is 6.58. The van der Waals surface area contributed by atoms with Crippen LogP contribution in [0.5, 0.6) is 0 Å². The van der Waals surface area contributed by atoms with Crippen molar-refractivity contribution in [3.63, 3.8) is 0 Å². The predicted octanol–water partition coefficient (Wildman–Crippen LogP) is 4.18. The van der Waals surface area contributed by atoms with Crippen molar-refractivity contribution in [2.24, 2.45) is 0 Å². The number of nitrogens with zero attached hydrogens (tertiary/aromatic N) is 1. The molecule has 2 aromatic carbocycles. The number of anilines is 2. The van der Waals surface area contributed by atoms with Gasteiger partial charge in [0, 0.05) is 17.1 Å². The van der Waals surface area contributed by atoms with E-state index in [2.05, 4.69) is 27.0 Å². The van der Waals surface area contributed by atoms with Crippen molar-refractivity contribution < 1.29 is 10.0 Å². The summed E-state index contributed by atoms with van der Waals surface area (Å²) in [4.78, 5) is 2.02. The van der Waals surface area contributed by atoms with Crippen LogP contribution in [-0.2, 0) is 0 Å². The molecule has 0 aromatic heterocycles. The minimum atomic E-state index is -1.47. The molecule has 0 atom stereocenters. The molecule has 0 amide bonds. The smallest absolute Gasteiger partial charge is 0.423 e. The highest BCUT2D eigenvalue weighted by Crippen LogP contribution is 2.29. The fraction of sp³-hybridized carbons (Fsp3) is 0.143. The van der Waals surface area contributed by atoms with E-state index in [9.17, 15) is 10.0 Å². The average Bonchev–Trinajstić information content (AvgIpc) is 2.63. The molecule has 0 saturated carbocycles. The Morgan fingerprint density at radius 3 is 1.92 bits per heavy atom. The summed E-state index contributed by atoms with van der Waals surface area (Å²) in [7, 11) is -1.47. The van der Waals surface area contributed by atoms with Crippen molar-refractivity contribution >= 4 is 24.0 Å². The first-order chi connectivity index (χ1) is 12.1. The predicted molar refractivity (Wildman–Crippen MR) is 109 cm³/mol. The zero-order valence-electron chi connectivity index (χ0n) is 15.0. The van der Waals surface area contributed by atoms with Crippen molar-refractivity contribution in [3.8, 4) is 0 Å². The first kappa shape index (κ1) is 20.5. The second kappa shape index (κ2) is 11.1. The molecular formula is C21H26BNO2. The van der Waals surface area contributed by atoms with Gasteiger partial charge in [0.25, 0.3) is 0 Å². The highest BCUT2D eigenvalue weighted by Gasteiger charge is 2.14. The Labute approximate surface area is 151 Å². The highest BCUT2D eigenvalue weighted by molar-refractivity contribution is 6.58. The lowest BCUT2D eigenvalue weighted by Crippen LogP contribution is -2.29. The maximum Gasteiger partial charge on any atom is 0.488 e. The summed E-state index contributed by atoms with van der Waals surface area (Å²) >= 11 is 0. The molecule has 25 heavy (non-hydrogen) atoms. The summed E-state index contributed by atoms with van der Waals surface area (Å²) in [6.45, 7) is 11.8. The minimum Gasteiger partial charge on any atom is -0.423 e. The van der Waals surface area contributed by atoms with Crippen LogP contribution >= 0.6 is 0 Å². The van der Waals surface area contributed by atoms with Gasteiger partial charge in [-0.25, -0.2) is 0 Å². The van der Waals surface area contributed by atoms with E-state index in [0.29, 0.717) is 5.46 Å². The molecule has 0 aliphatic carbocycles. The first-order valence-electron chi connectivity index (χ1n) is 8.35. The van der Waals surface area contributed by atoms with Gasteiger partial charge in [0.1, 0.15) is 0 Å².